The zero-order chi connectivity index (χ0) is 11.0. The average molecular weight is 213 g/mol. The zero-order valence-corrected chi connectivity index (χ0v) is 8.91. The Kier molecular flexibility index (Phi) is 2.67. The van der Waals surface area contributed by atoms with E-state index in [0.29, 0.717) is 24.5 Å². The molecule has 15 heavy (non-hydrogen) atoms. The molecule has 1 heterocycles. The van der Waals surface area contributed by atoms with Crippen LogP contribution < -0.4 is 0 Å². The van der Waals surface area contributed by atoms with Crippen LogP contribution in [0.3, 0.4) is 0 Å². The monoisotopic (exact) mass is 213 g/mol. The third kappa shape index (κ3) is 1.85. The van der Waals surface area contributed by atoms with Crippen molar-refractivity contribution in [3.63, 3.8) is 0 Å². The SMILES string of the molecule is C=C1OC(=O)N(C)C1C1CCC(F)CC1. The maximum atomic E-state index is 13.0. The van der Waals surface area contributed by atoms with Crippen LogP contribution in [0.2, 0.25) is 0 Å². The quantitative estimate of drug-likeness (QED) is 0.669. The third-order valence-corrected chi connectivity index (χ3v) is 3.40. The first kappa shape index (κ1) is 10.5. The lowest BCUT2D eigenvalue weighted by molar-refractivity contribution is 0.151. The lowest BCUT2D eigenvalue weighted by atomic mass is 9.82. The Labute approximate surface area is 88.9 Å². The molecule has 2 aliphatic rings. The summed E-state index contributed by atoms with van der Waals surface area (Å²) in [7, 11) is 1.71. The Hall–Kier alpha value is -1.06. The van der Waals surface area contributed by atoms with Gasteiger partial charge in [0.15, 0.2) is 0 Å². The number of carbonyl (C=O) groups excluding carboxylic acids is 1. The number of halogens is 1. The van der Waals surface area contributed by atoms with Gasteiger partial charge in [-0.05, 0) is 31.6 Å². The van der Waals surface area contributed by atoms with Crippen LogP contribution in [-0.4, -0.2) is 30.3 Å². The number of nitrogens with zero attached hydrogens (tertiary/aromatic N) is 1. The van der Waals surface area contributed by atoms with E-state index in [-0.39, 0.29) is 12.1 Å². The number of carbonyl (C=O) groups is 1. The van der Waals surface area contributed by atoms with Crippen LogP contribution in [0.15, 0.2) is 12.3 Å². The molecule has 0 bridgehead atoms. The minimum absolute atomic E-state index is 0.0509. The molecule has 2 fully saturated rings. The molecule has 0 spiro atoms. The molecule has 1 aliphatic carbocycles. The molecule has 4 heteroatoms. The summed E-state index contributed by atoms with van der Waals surface area (Å²) in [6.07, 6.45) is 1.80. The van der Waals surface area contributed by atoms with Gasteiger partial charge in [-0.3, -0.25) is 0 Å². The number of amides is 1. The molecule has 1 saturated carbocycles. The number of hydrogen-bond acceptors (Lipinski definition) is 2. The highest BCUT2D eigenvalue weighted by atomic mass is 19.1. The number of rotatable bonds is 1. The third-order valence-electron chi connectivity index (χ3n) is 3.40. The Bertz CT molecular complexity index is 284. The fourth-order valence-corrected chi connectivity index (χ4v) is 2.55. The molecule has 1 unspecified atom stereocenters. The average Bonchev–Trinajstić information content (AvgIpc) is 2.44. The summed E-state index contributed by atoms with van der Waals surface area (Å²) in [5.41, 5.74) is 0. The first-order valence-corrected chi connectivity index (χ1v) is 5.37. The molecule has 1 atom stereocenters. The fourth-order valence-electron chi connectivity index (χ4n) is 2.55. The largest absolute Gasteiger partial charge is 0.415 e. The van der Waals surface area contributed by atoms with Crippen LogP contribution in [0.5, 0.6) is 0 Å². The van der Waals surface area contributed by atoms with E-state index in [1.165, 1.54) is 0 Å². The van der Waals surface area contributed by atoms with Crippen molar-refractivity contribution in [1.29, 1.82) is 0 Å². The highest BCUT2D eigenvalue weighted by Crippen LogP contribution is 2.36. The van der Waals surface area contributed by atoms with Crippen molar-refractivity contribution < 1.29 is 13.9 Å². The first-order valence-electron chi connectivity index (χ1n) is 5.37. The molecule has 84 valence electrons. The van der Waals surface area contributed by atoms with Gasteiger partial charge in [-0.25, -0.2) is 9.18 Å². The molecular weight excluding hydrogens is 197 g/mol. The van der Waals surface area contributed by atoms with Crippen molar-refractivity contribution in [3.8, 4) is 0 Å². The number of likely N-dealkylation sites (N-methyl/N-ethyl adjacent to an activating group) is 1. The predicted octanol–water partition coefficient (Wildman–Crippen LogP) is 2.48. The highest BCUT2D eigenvalue weighted by Gasteiger charge is 2.40. The molecule has 1 saturated heterocycles. The van der Waals surface area contributed by atoms with E-state index in [4.69, 9.17) is 4.74 Å². The lowest BCUT2D eigenvalue weighted by Crippen LogP contribution is -2.37. The summed E-state index contributed by atoms with van der Waals surface area (Å²) >= 11 is 0. The Balaban J connectivity index is 2.04. The van der Waals surface area contributed by atoms with E-state index in [0.717, 1.165) is 12.8 Å². The maximum absolute atomic E-state index is 13.0. The van der Waals surface area contributed by atoms with Gasteiger partial charge in [0.1, 0.15) is 11.9 Å². The Morgan fingerprint density at radius 1 is 1.40 bits per heavy atom. The first-order chi connectivity index (χ1) is 7.09. The van der Waals surface area contributed by atoms with Gasteiger partial charge in [-0.15, -0.1) is 0 Å². The van der Waals surface area contributed by atoms with Crippen molar-refractivity contribution in [1.82, 2.24) is 4.90 Å². The molecule has 2 rings (SSSR count). The summed E-state index contributed by atoms with van der Waals surface area (Å²) in [5, 5.41) is 0. The molecule has 0 radical (unpaired) electrons. The smallest absolute Gasteiger partial charge is 0.413 e. The van der Waals surface area contributed by atoms with Gasteiger partial charge >= 0.3 is 6.09 Å². The molecule has 0 aromatic carbocycles. The second kappa shape index (κ2) is 3.83. The molecule has 1 aliphatic heterocycles. The van der Waals surface area contributed by atoms with E-state index in [9.17, 15) is 9.18 Å². The van der Waals surface area contributed by atoms with Gasteiger partial charge in [0.25, 0.3) is 0 Å². The molecular formula is C11H16FNO2. The van der Waals surface area contributed by atoms with Gasteiger partial charge in [-0.1, -0.05) is 6.58 Å². The second-order valence-corrected chi connectivity index (χ2v) is 4.40. The second-order valence-electron chi connectivity index (χ2n) is 4.40. The molecule has 3 nitrogen and oxygen atoms in total. The molecule has 0 N–H and O–H groups in total. The standard InChI is InChI=1S/C11H16FNO2/c1-7-10(13(2)11(14)15-7)8-3-5-9(12)6-4-8/h8-10H,1,3-6H2,2H3. The highest BCUT2D eigenvalue weighted by molar-refractivity contribution is 5.72. The van der Waals surface area contributed by atoms with E-state index in [2.05, 4.69) is 6.58 Å². The van der Waals surface area contributed by atoms with Crippen LogP contribution in [0.1, 0.15) is 25.7 Å². The predicted molar refractivity (Wildman–Crippen MR) is 54.0 cm³/mol. The fraction of sp³-hybridized carbons (Fsp3) is 0.727. The summed E-state index contributed by atoms with van der Waals surface area (Å²) in [6.45, 7) is 3.75. The van der Waals surface area contributed by atoms with Gasteiger partial charge in [0.2, 0.25) is 0 Å². The van der Waals surface area contributed by atoms with Crippen LogP contribution in [-0.2, 0) is 4.74 Å². The van der Waals surface area contributed by atoms with Crippen LogP contribution >= 0.6 is 0 Å². The van der Waals surface area contributed by atoms with Crippen molar-refractivity contribution in [2.75, 3.05) is 7.05 Å². The normalized spacial score (nSPS) is 36.9. The van der Waals surface area contributed by atoms with Crippen molar-refractivity contribution in [2.45, 2.75) is 37.9 Å². The molecule has 1 amide bonds. The van der Waals surface area contributed by atoms with E-state index in [1.54, 1.807) is 11.9 Å². The summed E-state index contributed by atoms with van der Waals surface area (Å²) in [6, 6.07) is -0.0509. The molecule has 0 aromatic heterocycles. The summed E-state index contributed by atoms with van der Waals surface area (Å²) in [5.74, 6) is 0.825. The van der Waals surface area contributed by atoms with Crippen molar-refractivity contribution in [2.24, 2.45) is 5.92 Å². The Morgan fingerprint density at radius 2 is 2.00 bits per heavy atom. The number of ether oxygens (including phenoxy) is 1. The Morgan fingerprint density at radius 3 is 2.47 bits per heavy atom. The summed E-state index contributed by atoms with van der Waals surface area (Å²) < 4.78 is 17.9. The topological polar surface area (TPSA) is 29.5 Å². The van der Waals surface area contributed by atoms with Gasteiger partial charge in [-0.2, -0.15) is 0 Å². The van der Waals surface area contributed by atoms with Gasteiger partial charge in [0, 0.05) is 7.05 Å². The number of cyclic esters (lactones) is 1. The molecule has 0 aromatic rings. The zero-order valence-electron chi connectivity index (χ0n) is 8.91. The van der Waals surface area contributed by atoms with Crippen LogP contribution in [0, 0.1) is 5.92 Å². The lowest BCUT2D eigenvalue weighted by Gasteiger charge is -2.31. The van der Waals surface area contributed by atoms with Crippen LogP contribution in [0.25, 0.3) is 0 Å². The van der Waals surface area contributed by atoms with Crippen molar-refractivity contribution in [3.05, 3.63) is 12.3 Å². The van der Waals surface area contributed by atoms with Gasteiger partial charge in [0.05, 0.1) is 6.04 Å². The van der Waals surface area contributed by atoms with Gasteiger partial charge < -0.3 is 9.64 Å². The van der Waals surface area contributed by atoms with E-state index in [1.807, 2.05) is 0 Å². The maximum Gasteiger partial charge on any atom is 0.415 e. The van der Waals surface area contributed by atoms with E-state index < -0.39 is 6.17 Å². The number of alkyl halides is 1. The minimum atomic E-state index is -0.669. The van der Waals surface area contributed by atoms with Crippen molar-refractivity contribution >= 4 is 6.09 Å². The van der Waals surface area contributed by atoms with E-state index >= 15 is 0 Å². The number of hydrogen-bond donors (Lipinski definition) is 0. The summed E-state index contributed by atoms with van der Waals surface area (Å²) in [4.78, 5) is 12.8. The minimum Gasteiger partial charge on any atom is -0.413 e. The van der Waals surface area contributed by atoms with Crippen LogP contribution in [0.4, 0.5) is 9.18 Å².